The third kappa shape index (κ3) is 2.70. The molecule has 2 amide bonds. The van der Waals surface area contributed by atoms with Crippen molar-refractivity contribution in [2.24, 2.45) is 11.1 Å². The Morgan fingerprint density at radius 2 is 1.86 bits per heavy atom. The van der Waals surface area contributed by atoms with E-state index < -0.39 is 23.8 Å². The maximum Gasteiger partial charge on any atom is 0.279 e. The van der Waals surface area contributed by atoms with Crippen LogP contribution >= 0.6 is 23.2 Å². The van der Waals surface area contributed by atoms with Crippen LogP contribution in [0.4, 0.5) is 5.69 Å². The Bertz CT molecular complexity index is 1020. The molecule has 0 bridgehead atoms. The molecule has 0 saturated carbocycles. The van der Waals surface area contributed by atoms with Gasteiger partial charge in [0.1, 0.15) is 11.6 Å². The van der Waals surface area contributed by atoms with Gasteiger partial charge in [-0.1, -0.05) is 34.4 Å². The predicted octanol–water partition coefficient (Wildman–Crippen LogP) is 3.30. The van der Waals surface area contributed by atoms with E-state index in [1.54, 1.807) is 24.3 Å². The van der Waals surface area contributed by atoms with Crippen LogP contribution in [0.3, 0.4) is 0 Å². The van der Waals surface area contributed by atoms with Crippen molar-refractivity contribution in [2.45, 2.75) is 6.10 Å². The molecule has 0 aromatic heterocycles. The van der Waals surface area contributed by atoms with Crippen LogP contribution in [0.5, 0.6) is 11.5 Å². The van der Waals surface area contributed by atoms with Crippen LogP contribution in [0.25, 0.3) is 0 Å². The lowest BCUT2D eigenvalue weighted by atomic mass is 9.93. The van der Waals surface area contributed by atoms with Crippen molar-refractivity contribution < 1.29 is 23.9 Å². The Balaban J connectivity index is 1.76. The molecule has 28 heavy (non-hydrogen) atoms. The summed E-state index contributed by atoms with van der Waals surface area (Å²) in [5.41, 5.74) is 1.06. The highest BCUT2D eigenvalue weighted by molar-refractivity contribution is 6.40. The molecule has 0 radical (unpaired) electrons. The minimum absolute atomic E-state index is 0.187. The number of carbonyl (C=O) groups is 2. The zero-order chi connectivity index (χ0) is 20.0. The topological polar surface area (TPSA) is 77.4 Å². The Morgan fingerprint density at radius 3 is 2.54 bits per heavy atom. The van der Waals surface area contributed by atoms with E-state index in [4.69, 9.17) is 37.5 Å². The summed E-state index contributed by atoms with van der Waals surface area (Å²) >= 11 is 12.1. The number of benzene rings is 2. The second-order valence-corrected chi connectivity index (χ2v) is 6.97. The molecule has 1 saturated heterocycles. The summed E-state index contributed by atoms with van der Waals surface area (Å²) in [6.45, 7) is 0. The highest BCUT2D eigenvalue weighted by Crippen LogP contribution is 2.41. The van der Waals surface area contributed by atoms with Crippen LogP contribution in [0.15, 0.2) is 41.6 Å². The second kappa shape index (κ2) is 7.00. The zero-order valence-corrected chi connectivity index (χ0v) is 16.3. The van der Waals surface area contributed by atoms with Crippen molar-refractivity contribution in [3.63, 3.8) is 0 Å². The molecule has 1 fully saturated rings. The first-order chi connectivity index (χ1) is 13.5. The van der Waals surface area contributed by atoms with E-state index in [-0.39, 0.29) is 10.7 Å². The lowest BCUT2D eigenvalue weighted by molar-refractivity contribution is -0.126. The minimum Gasteiger partial charge on any atom is -0.493 e. The SMILES string of the molecule is COc1cccc(C2=NO[C@H]3C(=O)N(c4ccc(Cl)cc4Cl)C(=O)[C@@H]23)c1OC. The first kappa shape index (κ1) is 18.6. The quantitative estimate of drug-likeness (QED) is 0.709. The van der Waals surface area contributed by atoms with Gasteiger partial charge in [-0.2, -0.15) is 0 Å². The lowest BCUT2D eigenvalue weighted by Gasteiger charge is -2.17. The number of hydrogen-bond acceptors (Lipinski definition) is 6. The van der Waals surface area contributed by atoms with Crippen LogP contribution in [-0.2, 0) is 14.4 Å². The molecule has 0 N–H and O–H groups in total. The standard InChI is InChI=1S/C19H14Cl2N2O5/c1-26-13-5-3-4-10(16(13)27-2)15-14-17(28-22-15)19(25)23(18(14)24)12-7-6-9(20)8-11(12)21/h3-8,14,17H,1-2H3/t14-,17+/m0/s1. The average molecular weight is 421 g/mol. The Labute approximate surface area is 170 Å². The fraction of sp³-hybridized carbons (Fsp3) is 0.211. The zero-order valence-electron chi connectivity index (χ0n) is 14.8. The number of rotatable bonds is 4. The van der Waals surface area contributed by atoms with E-state index in [2.05, 4.69) is 5.16 Å². The molecule has 0 unspecified atom stereocenters. The molecule has 7 nitrogen and oxygen atoms in total. The number of ether oxygens (including phenoxy) is 2. The number of imide groups is 1. The van der Waals surface area contributed by atoms with E-state index >= 15 is 0 Å². The van der Waals surface area contributed by atoms with Gasteiger partial charge in [0.15, 0.2) is 11.5 Å². The largest absolute Gasteiger partial charge is 0.493 e. The number of carbonyl (C=O) groups excluding carboxylic acids is 2. The molecule has 4 rings (SSSR count). The van der Waals surface area contributed by atoms with Gasteiger partial charge in [0, 0.05) is 10.6 Å². The maximum atomic E-state index is 13.2. The summed E-state index contributed by atoms with van der Waals surface area (Å²) in [6.07, 6.45) is -1.06. The van der Waals surface area contributed by atoms with Gasteiger partial charge in [-0.15, -0.1) is 0 Å². The van der Waals surface area contributed by atoms with Crippen molar-refractivity contribution in [2.75, 3.05) is 19.1 Å². The Kier molecular flexibility index (Phi) is 4.64. The summed E-state index contributed by atoms with van der Waals surface area (Å²) in [4.78, 5) is 32.3. The summed E-state index contributed by atoms with van der Waals surface area (Å²) < 4.78 is 10.7. The summed E-state index contributed by atoms with van der Waals surface area (Å²) in [7, 11) is 2.99. The van der Waals surface area contributed by atoms with Gasteiger partial charge in [0.25, 0.3) is 5.91 Å². The molecule has 144 valence electrons. The minimum atomic E-state index is -1.06. The number of amides is 2. The van der Waals surface area contributed by atoms with E-state index in [9.17, 15) is 9.59 Å². The van der Waals surface area contributed by atoms with Crippen LogP contribution in [-0.4, -0.2) is 37.8 Å². The smallest absolute Gasteiger partial charge is 0.279 e. The molecule has 0 spiro atoms. The number of hydrogen-bond donors (Lipinski definition) is 0. The van der Waals surface area contributed by atoms with Gasteiger partial charge in [-0.25, -0.2) is 4.90 Å². The van der Waals surface area contributed by atoms with E-state index in [1.807, 2.05) is 0 Å². The average Bonchev–Trinajstić information content (AvgIpc) is 3.22. The fourth-order valence-corrected chi connectivity index (χ4v) is 3.88. The number of halogens is 2. The molecule has 2 atom stereocenters. The third-order valence-electron chi connectivity index (χ3n) is 4.64. The molecule has 9 heteroatoms. The maximum absolute atomic E-state index is 13.2. The van der Waals surface area contributed by atoms with E-state index in [1.165, 1.54) is 26.4 Å². The molecule has 2 aromatic carbocycles. The number of anilines is 1. The van der Waals surface area contributed by atoms with Crippen LogP contribution in [0.1, 0.15) is 5.56 Å². The summed E-state index contributed by atoms with van der Waals surface area (Å²) in [6, 6.07) is 9.72. The van der Waals surface area contributed by atoms with Gasteiger partial charge in [0.05, 0.1) is 24.9 Å². The van der Waals surface area contributed by atoms with Crippen molar-refractivity contribution in [1.82, 2.24) is 0 Å². The normalized spacial score (nSPS) is 20.7. The van der Waals surface area contributed by atoms with Crippen LogP contribution in [0, 0.1) is 5.92 Å². The van der Waals surface area contributed by atoms with Gasteiger partial charge in [-0.05, 0) is 30.3 Å². The third-order valence-corrected chi connectivity index (χ3v) is 5.18. The van der Waals surface area contributed by atoms with Crippen LogP contribution < -0.4 is 14.4 Å². The van der Waals surface area contributed by atoms with Crippen LogP contribution in [0.2, 0.25) is 10.0 Å². The predicted molar refractivity (Wildman–Crippen MR) is 103 cm³/mol. The van der Waals surface area contributed by atoms with Crippen molar-refractivity contribution in [1.29, 1.82) is 0 Å². The second-order valence-electron chi connectivity index (χ2n) is 6.13. The summed E-state index contributed by atoms with van der Waals surface area (Å²) in [5, 5.41) is 4.58. The van der Waals surface area contributed by atoms with Gasteiger partial charge in [0.2, 0.25) is 12.0 Å². The Hall–Kier alpha value is -2.77. The number of methoxy groups -OCH3 is 2. The highest BCUT2D eigenvalue weighted by Gasteiger charge is 2.57. The Morgan fingerprint density at radius 1 is 1.07 bits per heavy atom. The lowest BCUT2D eigenvalue weighted by Crippen LogP contribution is -2.33. The molecule has 0 aliphatic carbocycles. The number of nitrogens with zero attached hydrogens (tertiary/aromatic N) is 2. The molecule has 2 aliphatic heterocycles. The number of oxime groups is 1. The first-order valence-electron chi connectivity index (χ1n) is 8.26. The monoisotopic (exact) mass is 420 g/mol. The van der Waals surface area contributed by atoms with E-state index in [0.717, 1.165) is 4.90 Å². The number of para-hydroxylation sites is 1. The fourth-order valence-electron chi connectivity index (χ4n) is 3.39. The summed E-state index contributed by atoms with van der Waals surface area (Å²) in [5.74, 6) is -1.07. The number of fused-ring (bicyclic) bond motifs is 1. The first-order valence-corrected chi connectivity index (χ1v) is 9.01. The van der Waals surface area contributed by atoms with Crippen molar-refractivity contribution >= 4 is 46.4 Å². The molecule has 2 heterocycles. The molecule has 2 aromatic rings. The van der Waals surface area contributed by atoms with E-state index in [0.29, 0.717) is 27.8 Å². The van der Waals surface area contributed by atoms with Crippen molar-refractivity contribution in [3.8, 4) is 11.5 Å². The molecular formula is C19H14Cl2N2O5. The van der Waals surface area contributed by atoms with Crippen molar-refractivity contribution in [3.05, 3.63) is 52.0 Å². The highest BCUT2D eigenvalue weighted by atomic mass is 35.5. The molecular weight excluding hydrogens is 407 g/mol. The van der Waals surface area contributed by atoms with Gasteiger partial charge < -0.3 is 14.3 Å². The molecule has 2 aliphatic rings. The van der Waals surface area contributed by atoms with Gasteiger partial charge in [-0.3, -0.25) is 9.59 Å². The van der Waals surface area contributed by atoms with Gasteiger partial charge >= 0.3 is 0 Å².